The number of aryl methyl sites for hydroxylation is 1. The van der Waals surface area contributed by atoms with Gasteiger partial charge in [0.1, 0.15) is 5.75 Å². The van der Waals surface area contributed by atoms with Gasteiger partial charge in [-0.2, -0.15) is 0 Å². The highest BCUT2D eigenvalue weighted by Crippen LogP contribution is 2.21. The van der Waals surface area contributed by atoms with Crippen molar-refractivity contribution in [1.82, 2.24) is 0 Å². The molecule has 0 bridgehead atoms. The number of ether oxygens (including phenoxy) is 1. The van der Waals surface area contributed by atoms with Gasteiger partial charge in [0, 0.05) is 16.1 Å². The van der Waals surface area contributed by atoms with Crippen LogP contribution in [0.5, 0.6) is 5.75 Å². The third-order valence-corrected chi connectivity index (χ3v) is 3.83. The number of carbonyl (C=O) groups is 1. The Morgan fingerprint density at radius 2 is 1.90 bits per heavy atom. The molecule has 21 heavy (non-hydrogen) atoms. The van der Waals surface area contributed by atoms with Gasteiger partial charge in [-0.3, -0.25) is 4.79 Å². The molecule has 0 saturated carbocycles. The van der Waals surface area contributed by atoms with E-state index >= 15 is 0 Å². The lowest BCUT2D eigenvalue weighted by molar-refractivity contribution is 0.102. The Morgan fingerprint density at radius 3 is 2.48 bits per heavy atom. The lowest BCUT2D eigenvalue weighted by Gasteiger charge is -2.10. The van der Waals surface area contributed by atoms with Crippen LogP contribution >= 0.6 is 11.8 Å². The standard InChI is InChI=1S/C17H19NO2S/c1-4-20-16-10-5-13(11-12(16)2)17(19)18-14-6-8-15(21-3)9-7-14/h5-11H,4H2,1-3H3,(H,18,19). The summed E-state index contributed by atoms with van der Waals surface area (Å²) in [4.78, 5) is 13.4. The van der Waals surface area contributed by atoms with Gasteiger partial charge in [0.25, 0.3) is 5.91 Å². The summed E-state index contributed by atoms with van der Waals surface area (Å²) in [5.74, 6) is 0.705. The van der Waals surface area contributed by atoms with E-state index in [0.29, 0.717) is 12.2 Å². The van der Waals surface area contributed by atoms with Gasteiger partial charge < -0.3 is 10.1 Å². The van der Waals surface area contributed by atoms with Crippen molar-refractivity contribution in [2.45, 2.75) is 18.7 Å². The average molecular weight is 301 g/mol. The maximum absolute atomic E-state index is 12.2. The van der Waals surface area contributed by atoms with Crippen molar-refractivity contribution in [3.8, 4) is 5.75 Å². The van der Waals surface area contributed by atoms with E-state index in [4.69, 9.17) is 4.74 Å². The van der Waals surface area contributed by atoms with Gasteiger partial charge in [0.15, 0.2) is 0 Å². The summed E-state index contributed by atoms with van der Waals surface area (Å²) in [6.07, 6.45) is 2.02. The smallest absolute Gasteiger partial charge is 0.255 e. The lowest BCUT2D eigenvalue weighted by Crippen LogP contribution is -2.12. The summed E-state index contributed by atoms with van der Waals surface area (Å²) in [6.45, 7) is 4.50. The van der Waals surface area contributed by atoms with Crippen LogP contribution in [0.15, 0.2) is 47.4 Å². The molecule has 0 aliphatic carbocycles. The zero-order valence-electron chi connectivity index (χ0n) is 12.5. The Balaban J connectivity index is 2.10. The third kappa shape index (κ3) is 4.02. The molecule has 2 aromatic rings. The fraction of sp³-hybridized carbons (Fsp3) is 0.235. The quantitative estimate of drug-likeness (QED) is 0.833. The number of thioether (sulfide) groups is 1. The number of nitrogens with one attached hydrogen (secondary N) is 1. The highest BCUT2D eigenvalue weighted by Gasteiger charge is 2.08. The minimum absolute atomic E-state index is 0.113. The number of benzene rings is 2. The van der Waals surface area contributed by atoms with Crippen LogP contribution in [-0.2, 0) is 0 Å². The fourth-order valence-corrected chi connectivity index (χ4v) is 2.39. The molecule has 0 aliphatic rings. The van der Waals surface area contributed by atoms with Crippen molar-refractivity contribution in [3.05, 3.63) is 53.6 Å². The number of amides is 1. The zero-order valence-corrected chi connectivity index (χ0v) is 13.3. The second-order valence-corrected chi connectivity index (χ2v) is 5.48. The molecule has 0 fully saturated rings. The summed E-state index contributed by atoms with van der Waals surface area (Å²) in [6, 6.07) is 13.3. The van der Waals surface area contributed by atoms with Crippen LogP contribution < -0.4 is 10.1 Å². The van der Waals surface area contributed by atoms with Crippen LogP contribution in [-0.4, -0.2) is 18.8 Å². The van der Waals surface area contributed by atoms with Crippen LogP contribution in [0.2, 0.25) is 0 Å². The van der Waals surface area contributed by atoms with E-state index in [0.717, 1.165) is 17.0 Å². The summed E-state index contributed by atoms with van der Waals surface area (Å²) < 4.78 is 5.48. The van der Waals surface area contributed by atoms with Gasteiger partial charge in [0.2, 0.25) is 0 Å². The monoisotopic (exact) mass is 301 g/mol. The van der Waals surface area contributed by atoms with Gasteiger partial charge in [-0.25, -0.2) is 0 Å². The van der Waals surface area contributed by atoms with E-state index in [1.165, 1.54) is 4.90 Å². The van der Waals surface area contributed by atoms with Crippen LogP contribution in [0.1, 0.15) is 22.8 Å². The maximum Gasteiger partial charge on any atom is 0.255 e. The first-order valence-electron chi connectivity index (χ1n) is 6.83. The first-order valence-corrected chi connectivity index (χ1v) is 8.05. The first-order chi connectivity index (χ1) is 10.1. The Hall–Kier alpha value is -1.94. The third-order valence-electron chi connectivity index (χ3n) is 3.08. The van der Waals surface area contributed by atoms with Crippen molar-refractivity contribution in [2.24, 2.45) is 0 Å². The number of carbonyl (C=O) groups excluding carboxylic acids is 1. The molecule has 0 radical (unpaired) electrons. The van der Waals surface area contributed by atoms with Crippen molar-refractivity contribution < 1.29 is 9.53 Å². The SMILES string of the molecule is CCOc1ccc(C(=O)Nc2ccc(SC)cc2)cc1C. The van der Waals surface area contributed by atoms with Gasteiger partial charge in [0.05, 0.1) is 6.61 Å². The van der Waals surface area contributed by atoms with E-state index in [1.54, 1.807) is 17.8 Å². The van der Waals surface area contributed by atoms with E-state index in [-0.39, 0.29) is 5.91 Å². The normalized spacial score (nSPS) is 10.2. The van der Waals surface area contributed by atoms with Crippen LogP contribution in [0.4, 0.5) is 5.69 Å². The summed E-state index contributed by atoms with van der Waals surface area (Å²) >= 11 is 1.67. The topological polar surface area (TPSA) is 38.3 Å². The molecule has 0 heterocycles. The lowest BCUT2D eigenvalue weighted by atomic mass is 10.1. The number of rotatable bonds is 5. The second kappa shape index (κ2) is 7.18. The molecule has 0 atom stereocenters. The van der Waals surface area contributed by atoms with E-state index in [1.807, 2.05) is 56.5 Å². The highest BCUT2D eigenvalue weighted by molar-refractivity contribution is 7.98. The van der Waals surface area contributed by atoms with Crippen molar-refractivity contribution in [3.63, 3.8) is 0 Å². The number of anilines is 1. The number of hydrogen-bond donors (Lipinski definition) is 1. The molecule has 1 amide bonds. The highest BCUT2D eigenvalue weighted by atomic mass is 32.2. The summed E-state index contributed by atoms with van der Waals surface area (Å²) in [7, 11) is 0. The van der Waals surface area contributed by atoms with Gasteiger partial charge in [-0.1, -0.05) is 0 Å². The minimum Gasteiger partial charge on any atom is -0.494 e. The molecule has 2 rings (SSSR count). The van der Waals surface area contributed by atoms with Crippen molar-refractivity contribution in [2.75, 3.05) is 18.2 Å². The maximum atomic E-state index is 12.2. The molecule has 0 aromatic heterocycles. The molecule has 3 nitrogen and oxygen atoms in total. The molecule has 110 valence electrons. The molecular formula is C17H19NO2S. The minimum atomic E-state index is -0.113. The Labute approximate surface area is 129 Å². The summed E-state index contributed by atoms with van der Waals surface area (Å²) in [5.41, 5.74) is 2.39. The molecular weight excluding hydrogens is 282 g/mol. The van der Waals surface area contributed by atoms with Crippen molar-refractivity contribution in [1.29, 1.82) is 0 Å². The van der Waals surface area contributed by atoms with Crippen LogP contribution in [0.25, 0.3) is 0 Å². The van der Waals surface area contributed by atoms with E-state index < -0.39 is 0 Å². The van der Waals surface area contributed by atoms with E-state index in [9.17, 15) is 4.79 Å². The predicted molar refractivity (Wildman–Crippen MR) is 88.5 cm³/mol. The van der Waals surface area contributed by atoms with Crippen LogP contribution in [0, 0.1) is 6.92 Å². The average Bonchev–Trinajstić information content (AvgIpc) is 2.50. The van der Waals surface area contributed by atoms with Gasteiger partial charge in [-0.15, -0.1) is 11.8 Å². The molecule has 0 saturated heterocycles. The second-order valence-electron chi connectivity index (χ2n) is 4.60. The zero-order chi connectivity index (χ0) is 15.2. The Bertz CT molecular complexity index is 623. The van der Waals surface area contributed by atoms with Gasteiger partial charge >= 0.3 is 0 Å². The first kappa shape index (κ1) is 15.4. The fourth-order valence-electron chi connectivity index (χ4n) is 1.99. The Kier molecular flexibility index (Phi) is 5.28. The van der Waals surface area contributed by atoms with Crippen LogP contribution in [0.3, 0.4) is 0 Å². The predicted octanol–water partition coefficient (Wildman–Crippen LogP) is 4.37. The molecule has 1 N–H and O–H groups in total. The summed E-state index contributed by atoms with van der Waals surface area (Å²) in [5, 5.41) is 2.90. The molecule has 0 aliphatic heterocycles. The number of hydrogen-bond acceptors (Lipinski definition) is 3. The largest absolute Gasteiger partial charge is 0.494 e. The molecule has 2 aromatic carbocycles. The molecule has 4 heteroatoms. The molecule has 0 unspecified atom stereocenters. The van der Waals surface area contributed by atoms with Crippen molar-refractivity contribution >= 4 is 23.4 Å². The van der Waals surface area contributed by atoms with Gasteiger partial charge in [-0.05, 0) is 68.1 Å². The molecule has 0 spiro atoms. The van der Waals surface area contributed by atoms with E-state index in [2.05, 4.69) is 5.32 Å². The Morgan fingerprint density at radius 1 is 1.19 bits per heavy atom.